The van der Waals surface area contributed by atoms with Gasteiger partial charge in [0.1, 0.15) is 11.6 Å². The van der Waals surface area contributed by atoms with E-state index in [2.05, 4.69) is 25.4 Å². The van der Waals surface area contributed by atoms with E-state index >= 15 is 0 Å². The molecule has 1 aliphatic rings. The topological polar surface area (TPSA) is 80.2 Å². The van der Waals surface area contributed by atoms with Gasteiger partial charge in [0, 0.05) is 30.3 Å². The molecule has 1 N–H and O–H groups in total. The minimum Gasteiger partial charge on any atom is -0.496 e. The Morgan fingerprint density at radius 2 is 1.83 bits per heavy atom. The lowest BCUT2D eigenvalue weighted by Crippen LogP contribution is -2.38. The van der Waals surface area contributed by atoms with E-state index in [-0.39, 0.29) is 11.8 Å². The molecule has 0 spiro atoms. The van der Waals surface area contributed by atoms with Crippen LogP contribution in [0.5, 0.6) is 5.75 Å². The number of nitrogens with zero attached hydrogens (tertiary/aromatic N) is 4. The molecule has 2 aromatic heterocycles. The van der Waals surface area contributed by atoms with Crippen LogP contribution in [0.3, 0.4) is 0 Å². The molecule has 3 heterocycles. The van der Waals surface area contributed by atoms with E-state index < -0.39 is 0 Å². The van der Waals surface area contributed by atoms with Crippen LogP contribution in [0.15, 0.2) is 54.6 Å². The van der Waals surface area contributed by atoms with Gasteiger partial charge in [0.05, 0.1) is 12.8 Å². The van der Waals surface area contributed by atoms with Gasteiger partial charge >= 0.3 is 0 Å². The molecular weight excluding hydrogens is 378 g/mol. The van der Waals surface area contributed by atoms with Crippen molar-refractivity contribution >= 4 is 17.5 Å². The monoisotopic (exact) mass is 403 g/mol. The lowest BCUT2D eigenvalue weighted by atomic mass is 9.96. The van der Waals surface area contributed by atoms with Crippen LogP contribution < -0.4 is 15.0 Å². The van der Waals surface area contributed by atoms with E-state index in [4.69, 9.17) is 4.74 Å². The van der Waals surface area contributed by atoms with Gasteiger partial charge in [-0.3, -0.25) is 4.79 Å². The van der Waals surface area contributed by atoms with Crippen LogP contribution in [0.4, 0.5) is 11.6 Å². The van der Waals surface area contributed by atoms with Crippen LogP contribution in [0.25, 0.3) is 11.3 Å². The maximum absolute atomic E-state index is 12.6. The van der Waals surface area contributed by atoms with E-state index in [9.17, 15) is 4.79 Å². The summed E-state index contributed by atoms with van der Waals surface area (Å²) in [6.45, 7) is 3.44. The van der Waals surface area contributed by atoms with Crippen molar-refractivity contribution < 1.29 is 9.53 Å². The van der Waals surface area contributed by atoms with Gasteiger partial charge in [0.25, 0.3) is 0 Å². The standard InChI is InChI=1S/C23H25N5O2/c1-16-6-5-9-21(24-16)25-23(29)17-12-14-28(15-13-17)22-11-10-19(26-27-22)18-7-3-4-8-20(18)30-2/h3-11,17H,12-15H2,1-2H3,(H,24,25,29). The first-order chi connectivity index (χ1) is 14.6. The van der Waals surface area contributed by atoms with Crippen molar-refractivity contribution in [2.45, 2.75) is 19.8 Å². The molecule has 1 fully saturated rings. The fourth-order valence-electron chi connectivity index (χ4n) is 3.71. The maximum atomic E-state index is 12.6. The van der Waals surface area contributed by atoms with Gasteiger partial charge in [0.2, 0.25) is 5.91 Å². The lowest BCUT2D eigenvalue weighted by Gasteiger charge is -2.31. The number of carbonyl (C=O) groups excluding carboxylic acids is 1. The number of nitrogens with one attached hydrogen (secondary N) is 1. The molecule has 7 heteroatoms. The van der Waals surface area contributed by atoms with Gasteiger partial charge in [-0.05, 0) is 56.2 Å². The summed E-state index contributed by atoms with van der Waals surface area (Å²) in [5.41, 5.74) is 2.58. The third kappa shape index (κ3) is 4.40. The number of methoxy groups -OCH3 is 1. The van der Waals surface area contributed by atoms with Crippen molar-refractivity contribution in [1.82, 2.24) is 15.2 Å². The van der Waals surface area contributed by atoms with E-state index in [1.54, 1.807) is 7.11 Å². The quantitative estimate of drug-likeness (QED) is 0.700. The highest BCUT2D eigenvalue weighted by molar-refractivity contribution is 5.91. The van der Waals surface area contributed by atoms with Gasteiger partial charge in [0.15, 0.2) is 5.82 Å². The Bertz CT molecular complexity index is 1010. The molecular formula is C23H25N5O2. The van der Waals surface area contributed by atoms with Gasteiger partial charge in [-0.15, -0.1) is 10.2 Å². The van der Waals surface area contributed by atoms with E-state index in [1.165, 1.54) is 0 Å². The van der Waals surface area contributed by atoms with Crippen LogP contribution in [0.2, 0.25) is 0 Å². The second-order valence-electron chi connectivity index (χ2n) is 7.39. The van der Waals surface area contributed by atoms with Gasteiger partial charge < -0.3 is 15.0 Å². The minimum absolute atomic E-state index is 0.0237. The molecule has 0 saturated carbocycles. The van der Waals surface area contributed by atoms with Crippen molar-refractivity contribution in [1.29, 1.82) is 0 Å². The summed E-state index contributed by atoms with van der Waals surface area (Å²) in [4.78, 5) is 19.1. The Balaban J connectivity index is 1.36. The van der Waals surface area contributed by atoms with Crippen LogP contribution in [-0.2, 0) is 4.79 Å². The summed E-state index contributed by atoms with van der Waals surface area (Å²) in [7, 11) is 1.65. The Morgan fingerprint density at radius 3 is 2.53 bits per heavy atom. The smallest absolute Gasteiger partial charge is 0.228 e. The van der Waals surface area contributed by atoms with E-state index in [0.29, 0.717) is 5.82 Å². The Kier molecular flexibility index (Phi) is 5.88. The molecule has 1 aromatic carbocycles. The predicted molar refractivity (Wildman–Crippen MR) is 117 cm³/mol. The molecule has 1 aliphatic heterocycles. The third-order valence-corrected chi connectivity index (χ3v) is 5.36. The average Bonchev–Trinajstić information content (AvgIpc) is 2.79. The van der Waals surface area contributed by atoms with Crippen LogP contribution in [-0.4, -0.2) is 41.3 Å². The van der Waals surface area contributed by atoms with Crippen molar-refractivity contribution in [3.05, 3.63) is 60.3 Å². The summed E-state index contributed by atoms with van der Waals surface area (Å²) in [6, 6.07) is 17.3. The fraction of sp³-hybridized carbons (Fsp3) is 0.304. The highest BCUT2D eigenvalue weighted by Crippen LogP contribution is 2.29. The molecule has 1 amide bonds. The number of para-hydroxylation sites is 1. The number of pyridine rings is 1. The molecule has 0 radical (unpaired) electrons. The molecule has 3 aromatic rings. The van der Waals surface area contributed by atoms with Gasteiger partial charge in [-0.2, -0.15) is 0 Å². The number of aromatic nitrogens is 3. The highest BCUT2D eigenvalue weighted by atomic mass is 16.5. The normalized spacial score (nSPS) is 14.4. The molecule has 154 valence electrons. The van der Waals surface area contributed by atoms with Crippen molar-refractivity contribution in [2.24, 2.45) is 5.92 Å². The number of ether oxygens (including phenoxy) is 1. The number of amides is 1. The van der Waals surface area contributed by atoms with Gasteiger partial charge in [-0.1, -0.05) is 18.2 Å². The summed E-state index contributed by atoms with van der Waals surface area (Å²) in [5.74, 6) is 2.22. The van der Waals surface area contributed by atoms with Crippen molar-refractivity contribution in [3.8, 4) is 17.0 Å². The Labute approximate surface area is 176 Å². The first kappa shape index (κ1) is 19.8. The number of piperidine rings is 1. The largest absolute Gasteiger partial charge is 0.496 e. The van der Waals surface area contributed by atoms with Crippen molar-refractivity contribution in [2.75, 3.05) is 30.4 Å². The molecule has 0 bridgehead atoms. The number of rotatable bonds is 5. The summed E-state index contributed by atoms with van der Waals surface area (Å²) >= 11 is 0. The zero-order chi connectivity index (χ0) is 20.9. The lowest BCUT2D eigenvalue weighted by molar-refractivity contribution is -0.120. The van der Waals surface area contributed by atoms with Gasteiger partial charge in [-0.25, -0.2) is 4.98 Å². The zero-order valence-corrected chi connectivity index (χ0v) is 17.2. The number of carbonyl (C=O) groups is 1. The zero-order valence-electron chi connectivity index (χ0n) is 17.2. The summed E-state index contributed by atoms with van der Waals surface area (Å²) in [6.07, 6.45) is 1.54. The van der Waals surface area contributed by atoms with Crippen LogP contribution >= 0.6 is 0 Å². The average molecular weight is 403 g/mol. The Hall–Kier alpha value is -3.48. The predicted octanol–water partition coefficient (Wildman–Crippen LogP) is 3.71. The summed E-state index contributed by atoms with van der Waals surface area (Å²) in [5, 5.41) is 11.7. The van der Waals surface area contributed by atoms with E-state index in [1.807, 2.05) is 61.5 Å². The molecule has 4 rings (SSSR count). The summed E-state index contributed by atoms with van der Waals surface area (Å²) < 4.78 is 5.41. The second kappa shape index (κ2) is 8.90. The van der Waals surface area contributed by atoms with E-state index in [0.717, 1.165) is 54.4 Å². The second-order valence-corrected chi connectivity index (χ2v) is 7.39. The minimum atomic E-state index is -0.0237. The first-order valence-electron chi connectivity index (χ1n) is 10.1. The maximum Gasteiger partial charge on any atom is 0.228 e. The van der Waals surface area contributed by atoms with Crippen LogP contribution in [0.1, 0.15) is 18.5 Å². The molecule has 0 unspecified atom stereocenters. The number of anilines is 2. The molecule has 0 atom stereocenters. The third-order valence-electron chi connectivity index (χ3n) is 5.36. The molecule has 0 aliphatic carbocycles. The number of aryl methyl sites for hydroxylation is 1. The molecule has 7 nitrogen and oxygen atoms in total. The highest BCUT2D eigenvalue weighted by Gasteiger charge is 2.26. The SMILES string of the molecule is COc1ccccc1-c1ccc(N2CCC(C(=O)Nc3cccc(C)n3)CC2)nn1. The van der Waals surface area contributed by atoms with Crippen LogP contribution in [0, 0.1) is 12.8 Å². The fourth-order valence-corrected chi connectivity index (χ4v) is 3.71. The van der Waals surface area contributed by atoms with Crippen molar-refractivity contribution in [3.63, 3.8) is 0 Å². The molecule has 1 saturated heterocycles. The molecule has 30 heavy (non-hydrogen) atoms. The number of hydrogen-bond acceptors (Lipinski definition) is 6. The number of hydrogen-bond donors (Lipinski definition) is 1. The first-order valence-corrected chi connectivity index (χ1v) is 10.1. The number of benzene rings is 1. The Morgan fingerprint density at radius 1 is 1.03 bits per heavy atom.